The number of benzene rings is 2. The largest absolute Gasteiger partial charge is 0.378 e. The van der Waals surface area contributed by atoms with Crippen LogP contribution in [0.2, 0.25) is 10.0 Å². The van der Waals surface area contributed by atoms with Crippen molar-refractivity contribution in [2.75, 3.05) is 79.7 Å². The van der Waals surface area contributed by atoms with Crippen LogP contribution in [-0.4, -0.2) is 69.6 Å². The van der Waals surface area contributed by atoms with E-state index in [0.29, 0.717) is 16.0 Å². The maximum Gasteiger partial charge on any atom is 0.229 e. The molecule has 2 saturated heterocycles. The van der Waals surface area contributed by atoms with Gasteiger partial charge in [-0.05, 0) is 42.5 Å². The molecule has 5 rings (SSSR count). The minimum atomic E-state index is 0.499. The predicted molar refractivity (Wildman–Crippen MR) is 142 cm³/mol. The Morgan fingerprint density at radius 1 is 0.829 bits per heavy atom. The second-order valence-corrected chi connectivity index (χ2v) is 9.27. The van der Waals surface area contributed by atoms with Crippen LogP contribution >= 0.6 is 23.2 Å². The van der Waals surface area contributed by atoms with E-state index in [0.717, 1.165) is 81.2 Å². The molecule has 1 aromatic heterocycles. The van der Waals surface area contributed by atoms with Gasteiger partial charge in [0.1, 0.15) is 5.82 Å². The molecule has 184 valence electrons. The van der Waals surface area contributed by atoms with Gasteiger partial charge in [0.25, 0.3) is 0 Å². The number of aromatic nitrogens is 2. The van der Waals surface area contributed by atoms with Crippen molar-refractivity contribution >= 4 is 57.7 Å². The maximum absolute atomic E-state index is 6.21. The van der Waals surface area contributed by atoms with E-state index >= 15 is 0 Å². The monoisotopic (exact) mass is 514 g/mol. The van der Waals surface area contributed by atoms with E-state index in [1.54, 1.807) is 12.3 Å². The molecule has 2 aromatic carbocycles. The molecular weight excluding hydrogens is 487 g/mol. The molecule has 3 aromatic rings. The number of hydrogen-bond acceptors (Lipinski definition) is 8. The number of nitrogens with one attached hydrogen (secondary N) is 1. The van der Waals surface area contributed by atoms with Crippen molar-refractivity contribution in [1.29, 1.82) is 0 Å². The summed E-state index contributed by atoms with van der Waals surface area (Å²) in [6.45, 7) is 6.40. The van der Waals surface area contributed by atoms with Gasteiger partial charge in [-0.3, -0.25) is 0 Å². The van der Waals surface area contributed by atoms with Crippen molar-refractivity contribution < 1.29 is 9.47 Å². The molecule has 35 heavy (non-hydrogen) atoms. The second kappa shape index (κ2) is 10.9. The Hall–Kier alpha value is -2.78. The molecular formula is C25H28Cl2N6O2. The van der Waals surface area contributed by atoms with E-state index < -0.39 is 0 Å². The zero-order valence-corrected chi connectivity index (χ0v) is 21.1. The molecule has 0 bridgehead atoms. The molecule has 2 aliphatic rings. The van der Waals surface area contributed by atoms with Gasteiger partial charge < -0.3 is 29.5 Å². The summed E-state index contributed by atoms with van der Waals surface area (Å²) >= 11 is 12.3. The van der Waals surface area contributed by atoms with E-state index in [-0.39, 0.29) is 0 Å². The van der Waals surface area contributed by atoms with Crippen LogP contribution in [0.4, 0.5) is 34.5 Å². The molecule has 0 atom stereocenters. The van der Waals surface area contributed by atoms with Gasteiger partial charge in [0.2, 0.25) is 5.95 Å². The van der Waals surface area contributed by atoms with E-state index in [2.05, 4.69) is 38.3 Å². The lowest BCUT2D eigenvalue weighted by atomic mass is 10.2. The maximum atomic E-state index is 6.21. The van der Waals surface area contributed by atoms with Crippen molar-refractivity contribution in [2.24, 2.45) is 0 Å². The fourth-order valence-electron chi connectivity index (χ4n) is 4.23. The minimum absolute atomic E-state index is 0.499. The average molecular weight is 515 g/mol. The molecule has 1 N–H and O–H groups in total. The smallest absolute Gasteiger partial charge is 0.229 e. The van der Waals surface area contributed by atoms with Crippen LogP contribution in [0, 0.1) is 0 Å². The topological polar surface area (TPSA) is 66.0 Å². The van der Waals surface area contributed by atoms with Crippen LogP contribution in [0.5, 0.6) is 0 Å². The van der Waals surface area contributed by atoms with Crippen LogP contribution in [-0.2, 0) is 9.47 Å². The molecule has 0 amide bonds. The van der Waals surface area contributed by atoms with E-state index in [9.17, 15) is 0 Å². The van der Waals surface area contributed by atoms with E-state index in [1.807, 2.05) is 30.1 Å². The predicted octanol–water partition coefficient (Wildman–Crippen LogP) is 4.97. The molecule has 2 aliphatic heterocycles. The fraction of sp³-hybridized carbons (Fsp3) is 0.360. The van der Waals surface area contributed by atoms with Crippen LogP contribution < -0.4 is 20.0 Å². The average Bonchev–Trinajstić information content (AvgIpc) is 2.91. The van der Waals surface area contributed by atoms with Crippen molar-refractivity contribution in [3.05, 3.63) is 58.7 Å². The molecule has 8 nitrogen and oxygen atoms in total. The Balaban J connectivity index is 1.42. The summed E-state index contributed by atoms with van der Waals surface area (Å²) in [5.74, 6) is 1.25. The summed E-state index contributed by atoms with van der Waals surface area (Å²) < 4.78 is 11.1. The van der Waals surface area contributed by atoms with E-state index in [1.165, 1.54) is 0 Å². The number of morpholine rings is 2. The number of rotatable bonds is 6. The summed E-state index contributed by atoms with van der Waals surface area (Å²) in [6.07, 6.45) is 1.74. The molecule has 10 heteroatoms. The number of hydrogen-bond donors (Lipinski definition) is 1. The first-order chi connectivity index (χ1) is 17.1. The fourth-order valence-corrected chi connectivity index (χ4v) is 4.52. The van der Waals surface area contributed by atoms with Gasteiger partial charge in [-0.1, -0.05) is 23.2 Å². The number of halogens is 2. The van der Waals surface area contributed by atoms with Gasteiger partial charge in [0.15, 0.2) is 0 Å². The van der Waals surface area contributed by atoms with Crippen molar-refractivity contribution in [3.63, 3.8) is 0 Å². The highest BCUT2D eigenvalue weighted by atomic mass is 35.5. The first-order valence-electron chi connectivity index (χ1n) is 11.7. The quantitative estimate of drug-likeness (QED) is 0.494. The Kier molecular flexibility index (Phi) is 7.43. The van der Waals surface area contributed by atoms with Crippen LogP contribution in [0.1, 0.15) is 0 Å². The Morgan fingerprint density at radius 2 is 1.46 bits per heavy atom. The zero-order chi connectivity index (χ0) is 24.2. The third-order valence-electron chi connectivity index (χ3n) is 6.19. The SMILES string of the molecule is CN(c1ccc(Cl)c(Cl)c1)c1ccnc(Nc2cc(N3CCOCC3)cc(N3CCOCC3)c2)n1. The molecule has 0 unspecified atom stereocenters. The first kappa shape index (κ1) is 23.9. The molecule has 0 spiro atoms. The van der Waals surface area contributed by atoms with Gasteiger partial charge in [-0.2, -0.15) is 4.98 Å². The van der Waals surface area contributed by atoms with Gasteiger partial charge in [-0.15, -0.1) is 0 Å². The van der Waals surface area contributed by atoms with Gasteiger partial charge in [-0.25, -0.2) is 4.98 Å². The number of anilines is 6. The normalized spacial score (nSPS) is 16.3. The van der Waals surface area contributed by atoms with Crippen molar-refractivity contribution in [3.8, 4) is 0 Å². The summed E-state index contributed by atoms with van der Waals surface area (Å²) in [5.41, 5.74) is 4.13. The second-order valence-electron chi connectivity index (χ2n) is 8.46. The summed E-state index contributed by atoms with van der Waals surface area (Å²) in [5, 5.41) is 4.44. The lowest BCUT2D eigenvalue weighted by molar-refractivity contribution is 0.122. The molecule has 0 saturated carbocycles. The van der Waals surface area contributed by atoms with Crippen molar-refractivity contribution in [2.45, 2.75) is 0 Å². The highest BCUT2D eigenvalue weighted by Crippen LogP contribution is 2.32. The van der Waals surface area contributed by atoms with Crippen LogP contribution in [0.15, 0.2) is 48.7 Å². The van der Waals surface area contributed by atoms with Crippen LogP contribution in [0.25, 0.3) is 0 Å². The standard InChI is InChI=1S/C25H28Cl2N6O2/c1-31(19-2-3-22(26)23(27)17-19)24-4-5-28-25(30-24)29-18-14-20(32-6-10-34-11-7-32)16-21(15-18)33-8-12-35-13-9-33/h2-5,14-17H,6-13H2,1H3,(H,28,29,30). The third kappa shape index (κ3) is 5.73. The van der Waals surface area contributed by atoms with Gasteiger partial charge in [0.05, 0.1) is 36.5 Å². The summed E-state index contributed by atoms with van der Waals surface area (Å²) in [4.78, 5) is 15.9. The summed E-state index contributed by atoms with van der Waals surface area (Å²) in [6, 6.07) is 13.9. The first-order valence-corrected chi connectivity index (χ1v) is 12.4. The third-order valence-corrected chi connectivity index (χ3v) is 6.93. The highest BCUT2D eigenvalue weighted by molar-refractivity contribution is 6.42. The molecule has 0 aliphatic carbocycles. The van der Waals surface area contributed by atoms with Gasteiger partial charge >= 0.3 is 0 Å². The zero-order valence-electron chi connectivity index (χ0n) is 19.6. The Labute approximate surface area is 215 Å². The highest BCUT2D eigenvalue weighted by Gasteiger charge is 2.18. The summed E-state index contributed by atoms with van der Waals surface area (Å²) in [7, 11) is 1.93. The van der Waals surface area contributed by atoms with Gasteiger partial charge in [0, 0.05) is 62.2 Å². The molecule has 0 radical (unpaired) electrons. The van der Waals surface area contributed by atoms with Crippen LogP contribution in [0.3, 0.4) is 0 Å². The van der Waals surface area contributed by atoms with E-state index in [4.69, 9.17) is 37.7 Å². The molecule has 2 fully saturated rings. The number of ether oxygens (including phenoxy) is 2. The lowest BCUT2D eigenvalue weighted by Crippen LogP contribution is -2.38. The lowest BCUT2D eigenvalue weighted by Gasteiger charge is -2.33. The number of nitrogens with zero attached hydrogens (tertiary/aromatic N) is 5. The van der Waals surface area contributed by atoms with Crippen molar-refractivity contribution in [1.82, 2.24) is 9.97 Å². The minimum Gasteiger partial charge on any atom is -0.378 e. The Bertz CT molecular complexity index is 1130. The Morgan fingerprint density at radius 3 is 2.06 bits per heavy atom. The molecule has 3 heterocycles.